The van der Waals surface area contributed by atoms with Crippen molar-refractivity contribution in [1.82, 2.24) is 9.80 Å². The van der Waals surface area contributed by atoms with E-state index in [2.05, 4.69) is 4.90 Å². The number of alkyl halides is 3. The number of likely N-dealkylation sites (tertiary alicyclic amines) is 2. The van der Waals surface area contributed by atoms with Gasteiger partial charge in [0.25, 0.3) is 0 Å². The molecule has 2 aliphatic heterocycles. The molecular formula is C19H21F5N2O. The Balaban J connectivity index is 1.52. The van der Waals surface area contributed by atoms with E-state index in [1.165, 1.54) is 6.07 Å². The summed E-state index contributed by atoms with van der Waals surface area (Å²) in [6, 6.07) is 3.50. The molecule has 0 aliphatic carbocycles. The summed E-state index contributed by atoms with van der Waals surface area (Å²) >= 11 is 0. The van der Waals surface area contributed by atoms with Crippen molar-refractivity contribution < 1.29 is 26.7 Å². The zero-order valence-electron chi connectivity index (χ0n) is 14.7. The van der Waals surface area contributed by atoms with Crippen LogP contribution in [0.25, 0.3) is 6.08 Å². The lowest BCUT2D eigenvalue weighted by molar-refractivity contribution is -0.186. The predicted molar refractivity (Wildman–Crippen MR) is 90.8 cm³/mol. The fourth-order valence-corrected chi connectivity index (χ4v) is 3.78. The first-order chi connectivity index (χ1) is 12.7. The minimum atomic E-state index is -4.82. The number of benzene rings is 1. The summed E-state index contributed by atoms with van der Waals surface area (Å²) in [7, 11) is 0. The summed E-state index contributed by atoms with van der Waals surface area (Å²) in [6.07, 6.45) is -0.696. The Morgan fingerprint density at radius 3 is 2.26 bits per heavy atom. The molecule has 8 heteroatoms. The molecule has 2 saturated heterocycles. The molecule has 0 atom stereocenters. The number of halogens is 5. The second-order valence-electron chi connectivity index (χ2n) is 7.03. The van der Waals surface area contributed by atoms with Gasteiger partial charge in [-0.05, 0) is 43.9 Å². The van der Waals surface area contributed by atoms with Gasteiger partial charge in [0.05, 0.1) is 0 Å². The maximum Gasteiger partial charge on any atom is 0.471 e. The molecule has 1 amide bonds. The number of carbonyl (C=O) groups excluding carboxylic acids is 1. The predicted octanol–water partition coefficient (Wildman–Crippen LogP) is 4.00. The van der Waals surface area contributed by atoms with Crippen LogP contribution in [0.2, 0.25) is 0 Å². The summed E-state index contributed by atoms with van der Waals surface area (Å²) in [6.45, 7) is 1.66. The Morgan fingerprint density at radius 1 is 1.04 bits per heavy atom. The van der Waals surface area contributed by atoms with Crippen LogP contribution in [0, 0.1) is 11.6 Å². The van der Waals surface area contributed by atoms with Gasteiger partial charge >= 0.3 is 12.1 Å². The zero-order valence-corrected chi connectivity index (χ0v) is 14.7. The molecule has 2 heterocycles. The van der Waals surface area contributed by atoms with Crippen molar-refractivity contribution in [3.05, 3.63) is 41.0 Å². The maximum absolute atomic E-state index is 13.7. The number of piperidine rings is 2. The van der Waals surface area contributed by atoms with E-state index in [9.17, 15) is 26.7 Å². The van der Waals surface area contributed by atoms with E-state index in [0.717, 1.165) is 35.7 Å². The van der Waals surface area contributed by atoms with E-state index >= 15 is 0 Å². The Hall–Kier alpha value is -1.96. The van der Waals surface area contributed by atoms with Crippen LogP contribution >= 0.6 is 0 Å². The van der Waals surface area contributed by atoms with Gasteiger partial charge in [0.1, 0.15) is 11.6 Å². The molecule has 0 spiro atoms. The van der Waals surface area contributed by atoms with Crippen molar-refractivity contribution >= 4 is 12.0 Å². The number of carbonyl (C=O) groups is 1. The van der Waals surface area contributed by atoms with Gasteiger partial charge in [-0.1, -0.05) is 11.6 Å². The molecule has 1 aromatic rings. The van der Waals surface area contributed by atoms with Crippen LogP contribution in [0.4, 0.5) is 22.0 Å². The van der Waals surface area contributed by atoms with Crippen LogP contribution in [-0.4, -0.2) is 54.1 Å². The highest BCUT2D eigenvalue weighted by molar-refractivity contribution is 5.81. The lowest BCUT2D eigenvalue weighted by atomic mass is 9.96. The minimum Gasteiger partial charge on any atom is -0.335 e. The van der Waals surface area contributed by atoms with E-state index in [1.54, 1.807) is 6.08 Å². The highest BCUT2D eigenvalue weighted by Gasteiger charge is 2.43. The number of rotatable bonds is 2. The summed E-state index contributed by atoms with van der Waals surface area (Å²) in [5.41, 5.74) is 1.26. The van der Waals surface area contributed by atoms with E-state index in [4.69, 9.17) is 0 Å². The van der Waals surface area contributed by atoms with Gasteiger partial charge in [-0.3, -0.25) is 9.69 Å². The SMILES string of the molecule is O=C(N1CCC(N2CCC(=Cc3cc(F)ccc3F)CC2)CC1)C(F)(F)F. The molecule has 148 valence electrons. The standard InChI is InChI=1S/C19H21F5N2O/c20-15-1-2-17(21)14(12-15)11-13-3-7-25(8-4-13)16-5-9-26(10-6-16)18(27)19(22,23)24/h1-2,11-12,16H,3-10H2. The van der Waals surface area contributed by atoms with Crippen molar-refractivity contribution in [2.45, 2.75) is 37.9 Å². The fourth-order valence-electron chi connectivity index (χ4n) is 3.78. The second kappa shape index (κ2) is 7.96. The average Bonchev–Trinajstić information content (AvgIpc) is 2.64. The lowest BCUT2D eigenvalue weighted by Gasteiger charge is -2.40. The topological polar surface area (TPSA) is 23.6 Å². The summed E-state index contributed by atoms with van der Waals surface area (Å²) < 4.78 is 64.5. The molecular weight excluding hydrogens is 367 g/mol. The number of amides is 1. The lowest BCUT2D eigenvalue weighted by Crippen LogP contribution is -2.51. The van der Waals surface area contributed by atoms with Gasteiger partial charge in [0.2, 0.25) is 0 Å². The molecule has 0 radical (unpaired) electrons. The van der Waals surface area contributed by atoms with E-state index in [-0.39, 0.29) is 24.7 Å². The Bertz CT molecular complexity index is 713. The largest absolute Gasteiger partial charge is 0.471 e. The number of nitrogens with zero attached hydrogens (tertiary/aromatic N) is 2. The average molecular weight is 388 g/mol. The van der Waals surface area contributed by atoms with Crippen molar-refractivity contribution in [3.8, 4) is 0 Å². The first kappa shape index (κ1) is 19.8. The van der Waals surface area contributed by atoms with Crippen LogP contribution in [0.15, 0.2) is 23.8 Å². The molecule has 0 aromatic heterocycles. The van der Waals surface area contributed by atoms with Crippen LogP contribution in [-0.2, 0) is 4.79 Å². The van der Waals surface area contributed by atoms with Gasteiger partial charge in [-0.25, -0.2) is 8.78 Å². The highest BCUT2D eigenvalue weighted by atomic mass is 19.4. The van der Waals surface area contributed by atoms with Gasteiger partial charge in [0, 0.05) is 37.8 Å². The van der Waals surface area contributed by atoms with Crippen LogP contribution in [0.5, 0.6) is 0 Å². The van der Waals surface area contributed by atoms with Crippen LogP contribution in [0.1, 0.15) is 31.2 Å². The van der Waals surface area contributed by atoms with Crippen molar-refractivity contribution in [3.63, 3.8) is 0 Å². The van der Waals surface area contributed by atoms with Gasteiger partial charge in [-0.15, -0.1) is 0 Å². The van der Waals surface area contributed by atoms with Crippen molar-refractivity contribution in [2.24, 2.45) is 0 Å². The maximum atomic E-state index is 13.7. The summed E-state index contributed by atoms with van der Waals surface area (Å²) in [5, 5.41) is 0. The molecule has 27 heavy (non-hydrogen) atoms. The Kier molecular flexibility index (Phi) is 5.83. The third-order valence-corrected chi connectivity index (χ3v) is 5.27. The molecule has 0 unspecified atom stereocenters. The van der Waals surface area contributed by atoms with Crippen LogP contribution < -0.4 is 0 Å². The van der Waals surface area contributed by atoms with E-state index in [0.29, 0.717) is 25.7 Å². The van der Waals surface area contributed by atoms with Gasteiger partial charge in [0.15, 0.2) is 0 Å². The Morgan fingerprint density at radius 2 is 1.67 bits per heavy atom. The van der Waals surface area contributed by atoms with E-state index in [1.807, 2.05) is 0 Å². The first-order valence-electron chi connectivity index (χ1n) is 8.98. The zero-order chi connectivity index (χ0) is 19.6. The second-order valence-corrected chi connectivity index (χ2v) is 7.03. The minimum absolute atomic E-state index is 0.108. The summed E-state index contributed by atoms with van der Waals surface area (Å²) in [5.74, 6) is -2.71. The normalized spacial score (nSPS) is 20.0. The van der Waals surface area contributed by atoms with E-state index < -0.39 is 23.7 Å². The number of hydrogen-bond acceptors (Lipinski definition) is 2. The van der Waals surface area contributed by atoms with Gasteiger partial charge in [-0.2, -0.15) is 13.2 Å². The van der Waals surface area contributed by atoms with Crippen molar-refractivity contribution in [2.75, 3.05) is 26.2 Å². The molecule has 0 N–H and O–H groups in total. The number of hydrogen-bond donors (Lipinski definition) is 0. The smallest absolute Gasteiger partial charge is 0.335 e. The van der Waals surface area contributed by atoms with Crippen LogP contribution in [0.3, 0.4) is 0 Å². The molecule has 2 fully saturated rings. The Labute approximate surface area is 154 Å². The highest BCUT2D eigenvalue weighted by Crippen LogP contribution is 2.27. The van der Waals surface area contributed by atoms with Gasteiger partial charge < -0.3 is 4.90 Å². The first-order valence-corrected chi connectivity index (χ1v) is 8.98. The molecule has 3 nitrogen and oxygen atoms in total. The van der Waals surface area contributed by atoms with Crippen molar-refractivity contribution in [1.29, 1.82) is 0 Å². The molecule has 0 bridgehead atoms. The molecule has 1 aromatic carbocycles. The molecule has 0 saturated carbocycles. The monoisotopic (exact) mass is 388 g/mol. The summed E-state index contributed by atoms with van der Waals surface area (Å²) in [4.78, 5) is 14.4. The third kappa shape index (κ3) is 4.86. The molecule has 2 aliphatic rings. The fraction of sp³-hybridized carbons (Fsp3) is 0.526. The third-order valence-electron chi connectivity index (χ3n) is 5.27. The molecule has 3 rings (SSSR count). The quantitative estimate of drug-likeness (QED) is 0.715.